The second kappa shape index (κ2) is 7.59. The fourth-order valence-electron chi connectivity index (χ4n) is 1.70. The largest absolute Gasteiger partial charge is 0.396 e. The van der Waals surface area contributed by atoms with E-state index in [0.29, 0.717) is 19.5 Å². The molecule has 2 rings (SSSR count). The Kier molecular flexibility index (Phi) is 5.45. The third-order valence-electron chi connectivity index (χ3n) is 2.65. The van der Waals surface area contributed by atoms with Crippen LogP contribution in [0.25, 0.3) is 0 Å². The van der Waals surface area contributed by atoms with Crippen LogP contribution in [0.1, 0.15) is 18.5 Å². The summed E-state index contributed by atoms with van der Waals surface area (Å²) in [6.45, 7) is 3.33. The van der Waals surface area contributed by atoms with Crippen molar-refractivity contribution in [3.8, 4) is 0 Å². The molecule has 2 aromatic rings. The lowest BCUT2D eigenvalue weighted by Crippen LogP contribution is -2.17. The monoisotopic (exact) mass is 265 g/mol. The number of aliphatic hydroxyl groups excluding tert-OH is 1. The average Bonchev–Trinajstić information content (AvgIpc) is 3.07. The lowest BCUT2D eigenvalue weighted by atomic mass is 10.4. The number of aliphatic hydroxyl groups is 1. The molecule has 0 fully saturated rings. The van der Waals surface area contributed by atoms with Crippen molar-refractivity contribution in [1.29, 1.82) is 0 Å². The first kappa shape index (κ1) is 13.6. The van der Waals surface area contributed by atoms with Crippen LogP contribution in [0.4, 0.5) is 0 Å². The molecule has 0 bridgehead atoms. The molecule has 0 atom stereocenters. The van der Waals surface area contributed by atoms with Gasteiger partial charge in [-0.25, -0.2) is 0 Å². The van der Waals surface area contributed by atoms with E-state index in [-0.39, 0.29) is 6.61 Å². The maximum absolute atomic E-state index is 8.73. The van der Waals surface area contributed by atoms with Crippen molar-refractivity contribution in [2.75, 3.05) is 13.2 Å². The zero-order valence-electron chi connectivity index (χ0n) is 10.8. The summed E-state index contributed by atoms with van der Waals surface area (Å²) in [5, 5.41) is 27.7. The number of rotatable bonds is 9. The van der Waals surface area contributed by atoms with E-state index in [4.69, 9.17) is 5.11 Å². The molecule has 0 unspecified atom stereocenters. The van der Waals surface area contributed by atoms with Gasteiger partial charge in [-0.3, -0.25) is 9.36 Å². The van der Waals surface area contributed by atoms with Gasteiger partial charge in [0, 0.05) is 38.6 Å². The maximum atomic E-state index is 8.73. The van der Waals surface area contributed by atoms with Gasteiger partial charge in [0.1, 0.15) is 0 Å². The van der Waals surface area contributed by atoms with Crippen molar-refractivity contribution in [2.24, 2.45) is 0 Å². The van der Waals surface area contributed by atoms with Crippen molar-refractivity contribution >= 4 is 0 Å². The van der Waals surface area contributed by atoms with Gasteiger partial charge < -0.3 is 10.4 Å². The van der Waals surface area contributed by atoms with Gasteiger partial charge in [0.2, 0.25) is 0 Å². The molecule has 2 aromatic heterocycles. The standard InChI is InChI=1S/C11H19N7O/c19-8-2-6-18-10-11(14-16-18)9-12-3-1-5-17-7-4-13-15-17/h4,7,10,12,19H,1-3,5-6,8-9H2. The molecule has 0 saturated heterocycles. The molecule has 2 N–H and O–H groups in total. The summed E-state index contributed by atoms with van der Waals surface area (Å²) < 4.78 is 3.56. The van der Waals surface area contributed by atoms with Crippen LogP contribution in [0.15, 0.2) is 18.6 Å². The summed E-state index contributed by atoms with van der Waals surface area (Å²) in [4.78, 5) is 0. The van der Waals surface area contributed by atoms with E-state index in [9.17, 15) is 0 Å². The number of aromatic nitrogens is 6. The molecule has 2 heterocycles. The highest BCUT2D eigenvalue weighted by Gasteiger charge is 2.00. The van der Waals surface area contributed by atoms with E-state index < -0.39 is 0 Å². The van der Waals surface area contributed by atoms with Crippen LogP contribution in [0.2, 0.25) is 0 Å². The fraction of sp³-hybridized carbons (Fsp3) is 0.636. The molecule has 0 radical (unpaired) electrons. The third kappa shape index (κ3) is 4.76. The topological polar surface area (TPSA) is 93.7 Å². The highest BCUT2D eigenvalue weighted by molar-refractivity contribution is 4.91. The minimum atomic E-state index is 0.176. The van der Waals surface area contributed by atoms with Gasteiger partial charge in [-0.2, -0.15) is 0 Å². The van der Waals surface area contributed by atoms with E-state index in [2.05, 4.69) is 25.9 Å². The lowest BCUT2D eigenvalue weighted by Gasteiger charge is -2.02. The van der Waals surface area contributed by atoms with Gasteiger partial charge in [-0.15, -0.1) is 10.2 Å². The molecule has 8 nitrogen and oxygen atoms in total. The van der Waals surface area contributed by atoms with Crippen LogP contribution < -0.4 is 5.32 Å². The second-order valence-corrected chi connectivity index (χ2v) is 4.25. The number of nitrogens with zero attached hydrogens (tertiary/aromatic N) is 6. The Morgan fingerprint density at radius 2 is 2.05 bits per heavy atom. The molecular weight excluding hydrogens is 246 g/mol. The van der Waals surface area contributed by atoms with Gasteiger partial charge in [0.05, 0.1) is 11.9 Å². The number of aryl methyl sites for hydroxylation is 2. The summed E-state index contributed by atoms with van der Waals surface area (Å²) in [7, 11) is 0. The summed E-state index contributed by atoms with van der Waals surface area (Å²) in [6.07, 6.45) is 7.13. The third-order valence-corrected chi connectivity index (χ3v) is 2.65. The van der Waals surface area contributed by atoms with Gasteiger partial charge in [0.25, 0.3) is 0 Å². The fourth-order valence-corrected chi connectivity index (χ4v) is 1.70. The minimum absolute atomic E-state index is 0.176. The normalized spacial score (nSPS) is 11.0. The summed E-state index contributed by atoms with van der Waals surface area (Å²) in [6, 6.07) is 0. The van der Waals surface area contributed by atoms with Crippen molar-refractivity contribution < 1.29 is 5.11 Å². The SMILES string of the molecule is OCCCn1cc(CNCCCn2ccnn2)nn1. The van der Waals surface area contributed by atoms with Crippen LogP contribution in [0, 0.1) is 0 Å². The lowest BCUT2D eigenvalue weighted by molar-refractivity contribution is 0.276. The van der Waals surface area contributed by atoms with Crippen molar-refractivity contribution in [2.45, 2.75) is 32.5 Å². The average molecular weight is 265 g/mol. The number of nitrogens with one attached hydrogen (secondary N) is 1. The molecule has 19 heavy (non-hydrogen) atoms. The Bertz CT molecular complexity index is 453. The van der Waals surface area contributed by atoms with Crippen LogP contribution in [0.5, 0.6) is 0 Å². The smallest absolute Gasteiger partial charge is 0.0964 e. The number of hydrogen-bond donors (Lipinski definition) is 2. The van der Waals surface area contributed by atoms with E-state index in [0.717, 1.165) is 25.2 Å². The number of hydrogen-bond acceptors (Lipinski definition) is 6. The zero-order chi connectivity index (χ0) is 13.3. The molecule has 0 amide bonds. The van der Waals surface area contributed by atoms with E-state index in [1.54, 1.807) is 10.9 Å². The predicted octanol–water partition coefficient (Wildman–Crippen LogP) is -0.568. The quantitative estimate of drug-likeness (QED) is 0.590. The molecule has 8 heteroatoms. The van der Waals surface area contributed by atoms with Crippen molar-refractivity contribution in [3.05, 3.63) is 24.3 Å². The van der Waals surface area contributed by atoms with E-state index >= 15 is 0 Å². The molecule has 0 aliphatic carbocycles. The van der Waals surface area contributed by atoms with Gasteiger partial charge in [-0.05, 0) is 19.4 Å². The molecule has 104 valence electrons. The van der Waals surface area contributed by atoms with E-state index in [1.807, 2.05) is 17.1 Å². The summed E-state index contributed by atoms with van der Waals surface area (Å²) in [5.41, 5.74) is 0.915. The highest BCUT2D eigenvalue weighted by atomic mass is 16.3. The maximum Gasteiger partial charge on any atom is 0.0964 e. The molecule has 0 spiro atoms. The van der Waals surface area contributed by atoms with Gasteiger partial charge in [0.15, 0.2) is 0 Å². The minimum Gasteiger partial charge on any atom is -0.396 e. The van der Waals surface area contributed by atoms with Crippen molar-refractivity contribution in [3.63, 3.8) is 0 Å². The molecule has 0 aliphatic heterocycles. The molecule has 0 aliphatic rings. The Morgan fingerprint density at radius 3 is 2.84 bits per heavy atom. The van der Waals surface area contributed by atoms with Crippen LogP contribution in [-0.2, 0) is 19.6 Å². The van der Waals surface area contributed by atoms with Crippen LogP contribution in [-0.4, -0.2) is 48.2 Å². The van der Waals surface area contributed by atoms with Crippen LogP contribution in [0.3, 0.4) is 0 Å². The first-order chi connectivity index (χ1) is 9.38. The first-order valence-electron chi connectivity index (χ1n) is 6.43. The summed E-state index contributed by atoms with van der Waals surface area (Å²) >= 11 is 0. The Hall–Kier alpha value is -1.80. The summed E-state index contributed by atoms with van der Waals surface area (Å²) in [5.74, 6) is 0. The predicted molar refractivity (Wildman–Crippen MR) is 68.1 cm³/mol. The first-order valence-corrected chi connectivity index (χ1v) is 6.43. The van der Waals surface area contributed by atoms with Crippen molar-refractivity contribution in [1.82, 2.24) is 35.3 Å². The second-order valence-electron chi connectivity index (χ2n) is 4.25. The molecule has 0 aromatic carbocycles. The Labute approximate surface area is 111 Å². The molecular formula is C11H19N7O. The Morgan fingerprint density at radius 1 is 1.16 bits per heavy atom. The highest BCUT2D eigenvalue weighted by Crippen LogP contribution is 1.94. The molecule has 0 saturated carbocycles. The van der Waals surface area contributed by atoms with E-state index in [1.165, 1.54) is 0 Å². The zero-order valence-corrected chi connectivity index (χ0v) is 10.8. The van der Waals surface area contributed by atoms with Gasteiger partial charge in [-0.1, -0.05) is 10.4 Å². The Balaban J connectivity index is 1.58. The van der Waals surface area contributed by atoms with Crippen LogP contribution >= 0.6 is 0 Å². The van der Waals surface area contributed by atoms with Gasteiger partial charge >= 0.3 is 0 Å².